The van der Waals surface area contributed by atoms with E-state index in [1.807, 2.05) is 16.7 Å². The Labute approximate surface area is 183 Å². The molecule has 31 heavy (non-hydrogen) atoms. The van der Waals surface area contributed by atoms with Gasteiger partial charge in [0.25, 0.3) is 0 Å². The summed E-state index contributed by atoms with van der Waals surface area (Å²) in [5, 5.41) is 9.91. The van der Waals surface area contributed by atoms with E-state index in [1.165, 1.54) is 6.07 Å². The zero-order chi connectivity index (χ0) is 22.1. The van der Waals surface area contributed by atoms with Crippen molar-refractivity contribution >= 4 is 11.6 Å². The molecule has 0 spiro atoms. The van der Waals surface area contributed by atoms with E-state index < -0.39 is 5.69 Å². The Morgan fingerprint density at radius 2 is 2.06 bits per heavy atom. The van der Waals surface area contributed by atoms with E-state index in [4.69, 9.17) is 21.1 Å². The third-order valence-electron chi connectivity index (χ3n) is 5.50. The summed E-state index contributed by atoms with van der Waals surface area (Å²) in [4.78, 5) is 24.8. The minimum atomic E-state index is -0.562. The minimum Gasteiger partial charge on any atom is -0.492 e. The van der Waals surface area contributed by atoms with E-state index in [0.29, 0.717) is 24.0 Å². The first-order valence-corrected chi connectivity index (χ1v) is 10.5. The average molecular weight is 446 g/mol. The van der Waals surface area contributed by atoms with Crippen molar-refractivity contribution in [1.82, 2.24) is 24.8 Å². The zero-order valence-electron chi connectivity index (χ0n) is 17.6. The van der Waals surface area contributed by atoms with Gasteiger partial charge in [0, 0.05) is 44.0 Å². The molecule has 0 fully saturated rings. The fraction of sp³-hybridized carbons (Fsp3) is 0.429. The lowest BCUT2D eigenvalue weighted by Gasteiger charge is -2.33. The Kier molecular flexibility index (Phi) is 5.97. The molecular weight excluding hydrogens is 422 g/mol. The molecule has 0 radical (unpaired) electrons. The van der Waals surface area contributed by atoms with Gasteiger partial charge in [0.2, 0.25) is 5.43 Å². The lowest BCUT2D eigenvalue weighted by atomic mass is 9.87. The van der Waals surface area contributed by atoms with Crippen LogP contribution in [-0.4, -0.2) is 45.1 Å². The highest BCUT2D eigenvalue weighted by molar-refractivity contribution is 6.32. The van der Waals surface area contributed by atoms with Crippen LogP contribution in [0.25, 0.3) is 16.9 Å². The standard InChI is InChI=1S/C21H24ClN5O4/c1-12(2)16-7-13-8-20(31-6-4-5-30-3)15(22)9-14(13)17-10-19(28)18(11-26(16)17)27-21(29)23-24-25-27/h8-12,16H,4-7H2,1-3H3,(H,23,25,29). The average Bonchev–Trinajstić information content (AvgIpc) is 3.16. The van der Waals surface area contributed by atoms with Crippen molar-refractivity contribution in [3.63, 3.8) is 0 Å². The van der Waals surface area contributed by atoms with E-state index in [0.717, 1.165) is 34.3 Å². The van der Waals surface area contributed by atoms with Crippen LogP contribution in [-0.2, 0) is 11.2 Å². The van der Waals surface area contributed by atoms with Gasteiger partial charge in [0.15, 0.2) is 0 Å². The first kappa shape index (κ1) is 21.3. The van der Waals surface area contributed by atoms with Gasteiger partial charge in [-0.1, -0.05) is 25.4 Å². The highest BCUT2D eigenvalue weighted by Gasteiger charge is 2.28. The second kappa shape index (κ2) is 8.68. The number of rotatable bonds is 7. The molecule has 0 aliphatic carbocycles. The maximum Gasteiger partial charge on any atom is 0.366 e. The van der Waals surface area contributed by atoms with Crippen molar-refractivity contribution in [2.45, 2.75) is 32.7 Å². The van der Waals surface area contributed by atoms with Crippen LogP contribution in [0.2, 0.25) is 5.02 Å². The minimum absolute atomic E-state index is 0.0759. The third-order valence-corrected chi connectivity index (χ3v) is 5.80. The number of aromatic amines is 1. The monoisotopic (exact) mass is 445 g/mol. The van der Waals surface area contributed by atoms with E-state index >= 15 is 0 Å². The summed E-state index contributed by atoms with van der Waals surface area (Å²) in [6.07, 6.45) is 3.18. The second-order valence-electron chi connectivity index (χ2n) is 7.88. The summed E-state index contributed by atoms with van der Waals surface area (Å²) in [7, 11) is 1.65. The van der Waals surface area contributed by atoms with Gasteiger partial charge in [0.1, 0.15) is 11.4 Å². The normalized spacial score (nSPS) is 15.1. The zero-order valence-corrected chi connectivity index (χ0v) is 18.3. The molecule has 0 saturated heterocycles. The first-order chi connectivity index (χ1) is 14.9. The number of methoxy groups -OCH3 is 1. The second-order valence-corrected chi connectivity index (χ2v) is 8.29. The predicted octanol–water partition coefficient (Wildman–Crippen LogP) is 2.61. The number of halogens is 1. The Morgan fingerprint density at radius 3 is 2.74 bits per heavy atom. The Balaban J connectivity index is 1.80. The molecule has 2 aromatic heterocycles. The molecule has 1 aliphatic rings. The van der Waals surface area contributed by atoms with Gasteiger partial charge in [0.05, 0.1) is 17.3 Å². The van der Waals surface area contributed by atoms with Crippen LogP contribution in [0.15, 0.2) is 34.0 Å². The molecule has 4 rings (SSSR count). The van der Waals surface area contributed by atoms with Crippen LogP contribution in [0.1, 0.15) is 31.9 Å². The van der Waals surface area contributed by atoms with Gasteiger partial charge in [-0.25, -0.2) is 9.89 Å². The van der Waals surface area contributed by atoms with Gasteiger partial charge in [-0.15, -0.1) is 0 Å². The maximum absolute atomic E-state index is 12.9. The summed E-state index contributed by atoms with van der Waals surface area (Å²) in [5.41, 5.74) is 1.96. The number of H-pyrrole nitrogens is 1. The highest BCUT2D eigenvalue weighted by atomic mass is 35.5. The van der Waals surface area contributed by atoms with Crippen molar-refractivity contribution in [2.24, 2.45) is 5.92 Å². The number of tetrazole rings is 1. The molecule has 1 atom stereocenters. The largest absolute Gasteiger partial charge is 0.492 e. The smallest absolute Gasteiger partial charge is 0.366 e. The maximum atomic E-state index is 12.9. The van der Waals surface area contributed by atoms with Crippen LogP contribution in [0, 0.1) is 5.92 Å². The third kappa shape index (κ3) is 4.03. The Morgan fingerprint density at radius 1 is 1.26 bits per heavy atom. The Bertz CT molecular complexity index is 1210. The Hall–Kier alpha value is -2.91. The van der Waals surface area contributed by atoms with E-state index in [2.05, 4.69) is 29.4 Å². The molecule has 0 saturated carbocycles. The number of benzene rings is 1. The molecule has 1 N–H and O–H groups in total. The number of aromatic nitrogens is 5. The fourth-order valence-corrected chi connectivity index (χ4v) is 4.14. The molecule has 1 unspecified atom stereocenters. The molecule has 164 valence electrons. The lowest BCUT2D eigenvalue weighted by molar-refractivity contribution is 0.172. The topological polar surface area (TPSA) is 104 Å². The molecule has 9 nitrogen and oxygen atoms in total. The summed E-state index contributed by atoms with van der Waals surface area (Å²) < 4.78 is 13.9. The molecule has 10 heteroatoms. The molecule has 1 aliphatic heterocycles. The van der Waals surface area contributed by atoms with Crippen molar-refractivity contribution in [1.29, 1.82) is 0 Å². The molecular formula is C21H24ClN5O4. The van der Waals surface area contributed by atoms with Crippen molar-refractivity contribution < 1.29 is 9.47 Å². The van der Waals surface area contributed by atoms with Gasteiger partial charge < -0.3 is 14.0 Å². The molecule has 3 aromatic rings. The highest BCUT2D eigenvalue weighted by Crippen LogP contribution is 2.41. The number of hydrogen-bond donors (Lipinski definition) is 1. The van der Waals surface area contributed by atoms with Crippen LogP contribution < -0.4 is 15.9 Å². The van der Waals surface area contributed by atoms with Crippen LogP contribution in [0.4, 0.5) is 0 Å². The van der Waals surface area contributed by atoms with E-state index in [9.17, 15) is 9.59 Å². The van der Waals surface area contributed by atoms with Crippen LogP contribution in [0.5, 0.6) is 5.75 Å². The summed E-state index contributed by atoms with van der Waals surface area (Å²) in [6.45, 7) is 5.37. The molecule has 0 amide bonds. The lowest BCUT2D eigenvalue weighted by Crippen LogP contribution is -2.29. The number of pyridine rings is 1. The van der Waals surface area contributed by atoms with Gasteiger partial charge in [-0.05, 0) is 40.5 Å². The van der Waals surface area contributed by atoms with Gasteiger partial charge in [-0.2, -0.15) is 4.68 Å². The van der Waals surface area contributed by atoms with E-state index in [1.54, 1.807) is 13.3 Å². The van der Waals surface area contributed by atoms with Crippen molar-refractivity contribution in [2.75, 3.05) is 20.3 Å². The predicted molar refractivity (Wildman–Crippen MR) is 116 cm³/mol. The first-order valence-electron chi connectivity index (χ1n) is 10.1. The van der Waals surface area contributed by atoms with Gasteiger partial charge >= 0.3 is 5.69 Å². The van der Waals surface area contributed by atoms with Crippen LogP contribution >= 0.6 is 11.6 Å². The summed E-state index contributed by atoms with van der Waals surface area (Å²) in [6, 6.07) is 5.40. The molecule has 3 heterocycles. The number of fused-ring (bicyclic) bond motifs is 3. The number of nitrogens with one attached hydrogen (secondary N) is 1. The number of nitrogens with zero attached hydrogens (tertiary/aromatic N) is 4. The summed E-state index contributed by atoms with van der Waals surface area (Å²) >= 11 is 6.50. The SMILES string of the molecule is COCCCOc1cc2c(cc1Cl)-c1cc(=O)c(-n3nn[nH]c3=O)cn1C(C(C)C)C2. The quantitative estimate of drug-likeness (QED) is 0.560. The van der Waals surface area contributed by atoms with Gasteiger partial charge in [-0.3, -0.25) is 4.79 Å². The van der Waals surface area contributed by atoms with Crippen LogP contribution in [0.3, 0.4) is 0 Å². The van der Waals surface area contributed by atoms with Crippen molar-refractivity contribution in [3.8, 4) is 22.7 Å². The molecule has 0 bridgehead atoms. The molecule has 1 aromatic carbocycles. The number of hydrogen-bond acceptors (Lipinski definition) is 6. The number of ether oxygens (including phenoxy) is 2. The van der Waals surface area contributed by atoms with E-state index in [-0.39, 0.29) is 23.1 Å². The fourth-order valence-electron chi connectivity index (χ4n) is 3.92. The van der Waals surface area contributed by atoms with Crippen molar-refractivity contribution in [3.05, 3.63) is 55.7 Å². The summed E-state index contributed by atoms with van der Waals surface area (Å²) in [5.74, 6) is 0.902.